The van der Waals surface area contributed by atoms with E-state index >= 15 is 0 Å². The molecule has 0 radical (unpaired) electrons. The summed E-state index contributed by atoms with van der Waals surface area (Å²) < 4.78 is 4.68. The Morgan fingerprint density at radius 2 is 1.82 bits per heavy atom. The van der Waals surface area contributed by atoms with Crippen LogP contribution >= 0.6 is 0 Å². The lowest BCUT2D eigenvalue weighted by Crippen LogP contribution is -2.26. The topological polar surface area (TPSA) is 29.5 Å². The van der Waals surface area contributed by atoms with E-state index in [4.69, 9.17) is 0 Å². The van der Waals surface area contributed by atoms with Crippen LogP contribution in [0.3, 0.4) is 0 Å². The smallest absolute Gasteiger partial charge is 0.409 e. The standard InChI is InChI=1S/C6H13NO2.C2H6/c1-4-7(3)6(8)9-5-2;1-2/h4-5H2,1-3H3;1-2H3. The quantitative estimate of drug-likeness (QED) is 0.621. The Bertz CT molecular complexity index is 94.1. The normalized spacial score (nSPS) is 7.73. The number of amides is 1. The van der Waals surface area contributed by atoms with E-state index in [0.29, 0.717) is 13.2 Å². The maximum absolute atomic E-state index is 10.7. The molecular formula is C8H19NO2. The monoisotopic (exact) mass is 161 g/mol. The van der Waals surface area contributed by atoms with Gasteiger partial charge < -0.3 is 9.64 Å². The summed E-state index contributed by atoms with van der Waals surface area (Å²) >= 11 is 0. The summed E-state index contributed by atoms with van der Waals surface area (Å²) in [5.41, 5.74) is 0. The van der Waals surface area contributed by atoms with E-state index in [1.54, 1.807) is 14.0 Å². The number of ether oxygens (including phenoxy) is 1. The van der Waals surface area contributed by atoms with Gasteiger partial charge in [0, 0.05) is 13.6 Å². The van der Waals surface area contributed by atoms with Crippen LogP contribution in [0, 0.1) is 0 Å². The molecule has 11 heavy (non-hydrogen) atoms. The van der Waals surface area contributed by atoms with Crippen molar-refractivity contribution >= 4 is 6.09 Å². The molecule has 0 atom stereocenters. The molecule has 3 heteroatoms. The number of carbonyl (C=O) groups excluding carboxylic acids is 1. The van der Waals surface area contributed by atoms with Crippen LogP contribution in [0.15, 0.2) is 0 Å². The average Bonchev–Trinajstić information content (AvgIpc) is 2.07. The highest BCUT2D eigenvalue weighted by Crippen LogP contribution is 1.87. The molecule has 3 nitrogen and oxygen atoms in total. The summed E-state index contributed by atoms with van der Waals surface area (Å²) in [4.78, 5) is 12.2. The van der Waals surface area contributed by atoms with Gasteiger partial charge in [-0.1, -0.05) is 13.8 Å². The minimum absolute atomic E-state index is 0.250. The van der Waals surface area contributed by atoms with Crippen LogP contribution in [0.1, 0.15) is 27.7 Å². The molecular weight excluding hydrogens is 142 g/mol. The van der Waals surface area contributed by atoms with Crippen molar-refractivity contribution in [1.29, 1.82) is 0 Å². The van der Waals surface area contributed by atoms with Gasteiger partial charge >= 0.3 is 6.09 Å². The van der Waals surface area contributed by atoms with Crippen molar-refractivity contribution < 1.29 is 9.53 Å². The van der Waals surface area contributed by atoms with Gasteiger partial charge in [0.15, 0.2) is 0 Å². The van der Waals surface area contributed by atoms with Crippen molar-refractivity contribution in [2.45, 2.75) is 27.7 Å². The summed E-state index contributed by atoms with van der Waals surface area (Å²) in [6.45, 7) is 8.83. The molecule has 0 saturated heterocycles. The molecule has 0 aromatic heterocycles. The summed E-state index contributed by atoms with van der Waals surface area (Å²) in [6.07, 6.45) is -0.250. The molecule has 0 aliphatic heterocycles. The molecule has 0 rings (SSSR count). The Labute approximate surface area is 69.3 Å². The first-order valence-electron chi connectivity index (χ1n) is 4.10. The Morgan fingerprint density at radius 3 is 2.09 bits per heavy atom. The molecule has 1 amide bonds. The van der Waals surface area contributed by atoms with E-state index in [1.807, 2.05) is 20.8 Å². The molecule has 0 aromatic rings. The van der Waals surface area contributed by atoms with E-state index in [-0.39, 0.29) is 6.09 Å². The van der Waals surface area contributed by atoms with Gasteiger partial charge in [-0.05, 0) is 13.8 Å². The molecule has 0 aromatic carbocycles. The highest BCUT2D eigenvalue weighted by molar-refractivity contribution is 5.66. The Balaban J connectivity index is 0. The van der Waals surface area contributed by atoms with Crippen LogP contribution in [0.4, 0.5) is 4.79 Å². The maximum atomic E-state index is 10.7. The van der Waals surface area contributed by atoms with Crippen molar-refractivity contribution in [2.75, 3.05) is 20.2 Å². The van der Waals surface area contributed by atoms with E-state index in [0.717, 1.165) is 0 Å². The number of rotatable bonds is 2. The predicted octanol–water partition coefficient (Wildman–Crippen LogP) is 2.12. The third-order valence-corrected chi connectivity index (χ3v) is 1.05. The third-order valence-electron chi connectivity index (χ3n) is 1.05. The lowest BCUT2D eigenvalue weighted by atomic mass is 10.7. The molecule has 0 N–H and O–H groups in total. The van der Waals surface area contributed by atoms with Crippen LogP contribution in [-0.4, -0.2) is 31.2 Å². The third kappa shape index (κ3) is 7.16. The largest absolute Gasteiger partial charge is 0.450 e. The lowest BCUT2D eigenvalue weighted by Gasteiger charge is -2.12. The summed E-state index contributed by atoms with van der Waals surface area (Å²) in [6, 6.07) is 0. The zero-order valence-electron chi connectivity index (χ0n) is 8.18. The van der Waals surface area contributed by atoms with Gasteiger partial charge in [-0.3, -0.25) is 0 Å². The zero-order chi connectivity index (χ0) is 9.28. The second-order valence-corrected chi connectivity index (χ2v) is 1.71. The lowest BCUT2D eigenvalue weighted by molar-refractivity contribution is 0.118. The average molecular weight is 161 g/mol. The van der Waals surface area contributed by atoms with Crippen LogP contribution in [-0.2, 0) is 4.74 Å². The summed E-state index contributed by atoms with van der Waals surface area (Å²) in [5.74, 6) is 0. The molecule has 0 heterocycles. The van der Waals surface area contributed by atoms with Gasteiger partial charge in [-0.25, -0.2) is 4.79 Å². The molecule has 0 aliphatic carbocycles. The minimum atomic E-state index is -0.250. The number of nitrogens with zero attached hydrogens (tertiary/aromatic N) is 1. The second-order valence-electron chi connectivity index (χ2n) is 1.71. The first kappa shape index (κ1) is 12.9. The van der Waals surface area contributed by atoms with Crippen LogP contribution in [0.2, 0.25) is 0 Å². The number of hydrogen-bond donors (Lipinski definition) is 0. The molecule has 0 unspecified atom stereocenters. The van der Waals surface area contributed by atoms with Gasteiger partial charge in [-0.2, -0.15) is 0 Å². The number of hydrogen-bond acceptors (Lipinski definition) is 2. The Hall–Kier alpha value is -0.730. The van der Waals surface area contributed by atoms with Gasteiger partial charge in [0.1, 0.15) is 0 Å². The predicted molar refractivity (Wildman–Crippen MR) is 46.7 cm³/mol. The van der Waals surface area contributed by atoms with Crippen molar-refractivity contribution in [2.24, 2.45) is 0 Å². The van der Waals surface area contributed by atoms with Gasteiger partial charge in [-0.15, -0.1) is 0 Å². The first-order valence-corrected chi connectivity index (χ1v) is 4.10. The molecule has 0 fully saturated rings. The van der Waals surface area contributed by atoms with Crippen LogP contribution in [0.25, 0.3) is 0 Å². The summed E-state index contributed by atoms with van der Waals surface area (Å²) in [5, 5.41) is 0. The molecule has 0 spiro atoms. The molecule has 0 saturated carbocycles. The highest BCUT2D eigenvalue weighted by Gasteiger charge is 2.03. The molecule has 0 bridgehead atoms. The SMILES string of the molecule is CC.CCOC(=O)N(C)CC. The van der Waals surface area contributed by atoms with E-state index < -0.39 is 0 Å². The zero-order valence-corrected chi connectivity index (χ0v) is 8.18. The van der Waals surface area contributed by atoms with Crippen molar-refractivity contribution in [3.05, 3.63) is 0 Å². The molecule has 0 aliphatic rings. The minimum Gasteiger partial charge on any atom is -0.450 e. The van der Waals surface area contributed by atoms with E-state index in [9.17, 15) is 4.79 Å². The van der Waals surface area contributed by atoms with E-state index in [1.165, 1.54) is 4.90 Å². The fraction of sp³-hybridized carbons (Fsp3) is 0.875. The van der Waals surface area contributed by atoms with Crippen molar-refractivity contribution in [1.82, 2.24) is 4.90 Å². The van der Waals surface area contributed by atoms with E-state index in [2.05, 4.69) is 4.74 Å². The highest BCUT2D eigenvalue weighted by atomic mass is 16.5. The fourth-order valence-electron chi connectivity index (χ4n) is 0.363. The fourth-order valence-corrected chi connectivity index (χ4v) is 0.363. The Kier molecular flexibility index (Phi) is 10.9. The second kappa shape index (κ2) is 9.27. The Morgan fingerprint density at radius 1 is 1.36 bits per heavy atom. The first-order chi connectivity index (χ1) is 5.22. The van der Waals surface area contributed by atoms with Crippen molar-refractivity contribution in [3.8, 4) is 0 Å². The summed E-state index contributed by atoms with van der Waals surface area (Å²) in [7, 11) is 1.71. The van der Waals surface area contributed by atoms with Crippen LogP contribution < -0.4 is 0 Å². The van der Waals surface area contributed by atoms with Gasteiger partial charge in [0.25, 0.3) is 0 Å². The number of carbonyl (C=O) groups is 1. The maximum Gasteiger partial charge on any atom is 0.409 e. The molecule has 68 valence electrons. The van der Waals surface area contributed by atoms with Gasteiger partial charge in [0.2, 0.25) is 0 Å². The van der Waals surface area contributed by atoms with Gasteiger partial charge in [0.05, 0.1) is 6.61 Å². The van der Waals surface area contributed by atoms with Crippen molar-refractivity contribution in [3.63, 3.8) is 0 Å². The van der Waals surface area contributed by atoms with Crippen LogP contribution in [0.5, 0.6) is 0 Å².